The van der Waals surface area contributed by atoms with Gasteiger partial charge in [-0.05, 0) is 12.3 Å². The Bertz CT molecular complexity index is 396. The maximum absolute atomic E-state index is 12.1. The molecule has 0 bridgehead atoms. The molecule has 0 N–H and O–H groups in total. The fraction of sp³-hybridized carbons (Fsp3) is 0.920. The van der Waals surface area contributed by atoms with Gasteiger partial charge in [-0.25, -0.2) is 0 Å². The zero-order valence-corrected chi connectivity index (χ0v) is 20.0. The van der Waals surface area contributed by atoms with Crippen molar-refractivity contribution in [1.29, 1.82) is 0 Å². The standard InChI is InChI=1S/C25H49NO3/c1-5-6-7-8-9-10-11-12-13-14-15-16-17-18-19-20-24(27)26(4)21-25(28)29-22-23(2)3/h23H,5-22H2,1-4H3. The summed E-state index contributed by atoms with van der Waals surface area (Å²) in [5.41, 5.74) is 0. The van der Waals surface area contributed by atoms with Gasteiger partial charge in [-0.1, -0.05) is 111 Å². The van der Waals surface area contributed by atoms with Crippen LogP contribution in [-0.4, -0.2) is 37.0 Å². The van der Waals surface area contributed by atoms with Crippen molar-refractivity contribution in [3.8, 4) is 0 Å². The minimum Gasteiger partial charge on any atom is -0.464 e. The van der Waals surface area contributed by atoms with Crippen molar-refractivity contribution >= 4 is 11.9 Å². The largest absolute Gasteiger partial charge is 0.464 e. The monoisotopic (exact) mass is 411 g/mol. The van der Waals surface area contributed by atoms with Crippen LogP contribution in [0.1, 0.15) is 124 Å². The van der Waals surface area contributed by atoms with Gasteiger partial charge in [-0.15, -0.1) is 0 Å². The highest BCUT2D eigenvalue weighted by atomic mass is 16.5. The molecule has 0 aromatic rings. The van der Waals surface area contributed by atoms with E-state index in [0.29, 0.717) is 18.9 Å². The van der Waals surface area contributed by atoms with Crippen molar-refractivity contribution in [3.63, 3.8) is 0 Å². The number of rotatable bonds is 20. The van der Waals surface area contributed by atoms with Gasteiger partial charge in [-0.2, -0.15) is 0 Å². The van der Waals surface area contributed by atoms with Crippen molar-refractivity contribution < 1.29 is 14.3 Å². The SMILES string of the molecule is CCCCCCCCCCCCCCCCCC(=O)N(C)CC(=O)OCC(C)C. The van der Waals surface area contributed by atoms with E-state index in [0.717, 1.165) is 12.8 Å². The summed E-state index contributed by atoms with van der Waals surface area (Å²) in [6, 6.07) is 0. The van der Waals surface area contributed by atoms with Gasteiger partial charge in [0.15, 0.2) is 0 Å². The molecule has 0 radical (unpaired) electrons. The number of hydrogen-bond donors (Lipinski definition) is 0. The van der Waals surface area contributed by atoms with Crippen molar-refractivity contribution in [1.82, 2.24) is 4.90 Å². The lowest BCUT2D eigenvalue weighted by Crippen LogP contribution is -2.33. The van der Waals surface area contributed by atoms with Crippen LogP contribution in [0.5, 0.6) is 0 Å². The second kappa shape index (κ2) is 20.2. The molecule has 1 amide bonds. The maximum Gasteiger partial charge on any atom is 0.325 e. The molecular formula is C25H49NO3. The highest BCUT2D eigenvalue weighted by Crippen LogP contribution is 2.14. The second-order valence-electron chi connectivity index (χ2n) is 9.03. The number of esters is 1. The van der Waals surface area contributed by atoms with Crippen LogP contribution in [0, 0.1) is 5.92 Å². The van der Waals surface area contributed by atoms with Crippen LogP contribution in [-0.2, 0) is 14.3 Å². The summed E-state index contributed by atoms with van der Waals surface area (Å²) in [6.45, 7) is 6.75. The third-order valence-electron chi connectivity index (χ3n) is 5.36. The Morgan fingerprint density at radius 1 is 0.724 bits per heavy atom. The van der Waals surface area contributed by atoms with Crippen LogP contribution in [0.4, 0.5) is 0 Å². The topological polar surface area (TPSA) is 46.6 Å². The minimum absolute atomic E-state index is 0.0428. The van der Waals surface area contributed by atoms with E-state index >= 15 is 0 Å². The Hall–Kier alpha value is -1.06. The lowest BCUT2D eigenvalue weighted by molar-refractivity contribution is -0.149. The first kappa shape index (κ1) is 27.9. The number of carbonyl (C=O) groups is 2. The van der Waals surface area contributed by atoms with E-state index in [1.807, 2.05) is 13.8 Å². The van der Waals surface area contributed by atoms with Crippen LogP contribution in [0.3, 0.4) is 0 Å². The molecule has 0 aliphatic carbocycles. The number of unbranched alkanes of at least 4 members (excludes halogenated alkanes) is 14. The summed E-state index contributed by atoms with van der Waals surface area (Å²) in [6.07, 6.45) is 20.3. The van der Waals surface area contributed by atoms with Gasteiger partial charge in [-0.3, -0.25) is 9.59 Å². The number of likely N-dealkylation sites (N-methyl/N-ethyl adjacent to an activating group) is 1. The molecule has 0 aliphatic rings. The molecule has 4 heteroatoms. The first-order valence-corrected chi connectivity index (χ1v) is 12.4. The molecule has 0 aromatic carbocycles. The van der Waals surface area contributed by atoms with Crippen molar-refractivity contribution in [2.45, 2.75) is 124 Å². The number of hydrogen-bond acceptors (Lipinski definition) is 3. The summed E-state index contributed by atoms with van der Waals surface area (Å²) in [4.78, 5) is 25.2. The molecular weight excluding hydrogens is 362 g/mol. The Labute approximate surface area is 181 Å². The van der Waals surface area contributed by atoms with E-state index in [2.05, 4.69) is 6.92 Å². The average molecular weight is 412 g/mol. The molecule has 0 saturated heterocycles. The van der Waals surface area contributed by atoms with Gasteiger partial charge >= 0.3 is 5.97 Å². The van der Waals surface area contributed by atoms with Gasteiger partial charge in [0.1, 0.15) is 6.54 Å². The normalized spacial score (nSPS) is 11.1. The highest BCUT2D eigenvalue weighted by Gasteiger charge is 2.13. The zero-order valence-electron chi connectivity index (χ0n) is 20.0. The maximum atomic E-state index is 12.1. The van der Waals surface area contributed by atoms with Gasteiger partial charge in [0.05, 0.1) is 6.61 Å². The zero-order chi connectivity index (χ0) is 21.7. The Kier molecular flexibility index (Phi) is 19.5. The summed E-state index contributed by atoms with van der Waals surface area (Å²) in [5.74, 6) is 0.0486. The van der Waals surface area contributed by atoms with Crippen LogP contribution in [0.15, 0.2) is 0 Å². The molecule has 0 unspecified atom stereocenters. The van der Waals surface area contributed by atoms with Crippen LogP contribution < -0.4 is 0 Å². The predicted molar refractivity (Wildman–Crippen MR) is 123 cm³/mol. The molecule has 29 heavy (non-hydrogen) atoms. The lowest BCUT2D eigenvalue weighted by atomic mass is 10.0. The summed E-state index contributed by atoms with van der Waals surface area (Å²) in [5, 5.41) is 0. The molecule has 0 aromatic heterocycles. The van der Waals surface area contributed by atoms with Crippen LogP contribution in [0.25, 0.3) is 0 Å². The number of nitrogens with zero attached hydrogens (tertiary/aromatic N) is 1. The first-order chi connectivity index (χ1) is 14.0. The van der Waals surface area contributed by atoms with Gasteiger partial charge < -0.3 is 9.64 Å². The Morgan fingerprint density at radius 3 is 1.55 bits per heavy atom. The fourth-order valence-corrected chi connectivity index (χ4v) is 3.43. The quantitative estimate of drug-likeness (QED) is 0.162. The molecule has 0 saturated carbocycles. The van der Waals surface area contributed by atoms with E-state index in [1.54, 1.807) is 7.05 Å². The third kappa shape index (κ3) is 20.0. The summed E-state index contributed by atoms with van der Waals surface area (Å²) in [7, 11) is 1.68. The molecule has 0 aliphatic heterocycles. The molecule has 4 nitrogen and oxygen atoms in total. The van der Waals surface area contributed by atoms with E-state index in [9.17, 15) is 9.59 Å². The fourth-order valence-electron chi connectivity index (χ4n) is 3.43. The van der Waals surface area contributed by atoms with E-state index < -0.39 is 0 Å². The first-order valence-electron chi connectivity index (χ1n) is 12.4. The van der Waals surface area contributed by atoms with E-state index in [-0.39, 0.29) is 18.4 Å². The van der Waals surface area contributed by atoms with E-state index in [1.165, 1.54) is 88.4 Å². The van der Waals surface area contributed by atoms with E-state index in [4.69, 9.17) is 4.74 Å². The molecule has 0 spiro atoms. The minimum atomic E-state index is -0.314. The smallest absolute Gasteiger partial charge is 0.325 e. The second-order valence-corrected chi connectivity index (χ2v) is 9.03. The van der Waals surface area contributed by atoms with Crippen molar-refractivity contribution in [2.24, 2.45) is 5.92 Å². The van der Waals surface area contributed by atoms with Crippen LogP contribution >= 0.6 is 0 Å². The van der Waals surface area contributed by atoms with Gasteiger partial charge in [0.25, 0.3) is 0 Å². The number of amides is 1. The molecule has 0 fully saturated rings. The molecule has 172 valence electrons. The van der Waals surface area contributed by atoms with Gasteiger partial charge in [0.2, 0.25) is 5.91 Å². The van der Waals surface area contributed by atoms with Crippen molar-refractivity contribution in [2.75, 3.05) is 20.2 Å². The predicted octanol–water partition coefficient (Wildman–Crippen LogP) is 6.91. The Morgan fingerprint density at radius 2 is 1.14 bits per heavy atom. The number of carbonyl (C=O) groups excluding carboxylic acids is 2. The van der Waals surface area contributed by atoms with Crippen molar-refractivity contribution in [3.05, 3.63) is 0 Å². The summed E-state index contributed by atoms with van der Waals surface area (Å²) >= 11 is 0. The average Bonchev–Trinajstić information content (AvgIpc) is 2.69. The third-order valence-corrected chi connectivity index (χ3v) is 5.36. The summed E-state index contributed by atoms with van der Waals surface area (Å²) < 4.78 is 5.12. The molecule has 0 rings (SSSR count). The number of ether oxygens (including phenoxy) is 1. The highest BCUT2D eigenvalue weighted by molar-refractivity contribution is 5.81. The molecule has 0 atom stereocenters. The van der Waals surface area contributed by atoms with Gasteiger partial charge in [0, 0.05) is 13.5 Å². The van der Waals surface area contributed by atoms with Crippen LogP contribution in [0.2, 0.25) is 0 Å². The Balaban J connectivity index is 3.38. The lowest BCUT2D eigenvalue weighted by Gasteiger charge is -2.16. The molecule has 0 heterocycles.